The van der Waals surface area contributed by atoms with Crippen LogP contribution in [-0.4, -0.2) is 115 Å². The molecule has 4 amide bonds. The summed E-state index contributed by atoms with van der Waals surface area (Å²) in [4.78, 5) is 48.7. The van der Waals surface area contributed by atoms with Crippen LogP contribution in [-0.2, 0) is 22.4 Å². The van der Waals surface area contributed by atoms with E-state index in [-0.39, 0.29) is 18.0 Å². The number of nitrogens with one attached hydrogen (secondary N) is 2. The lowest BCUT2D eigenvalue weighted by Crippen LogP contribution is -2.52. The summed E-state index contributed by atoms with van der Waals surface area (Å²) >= 11 is 7.11. The molecule has 248 valence electrons. The van der Waals surface area contributed by atoms with Gasteiger partial charge in [-0.15, -0.1) is 0 Å². The number of halogens is 2. The third-order valence-electron chi connectivity index (χ3n) is 9.83. The molecular weight excluding hydrogens is 716 g/mol. The number of hydrogen-bond acceptors (Lipinski definition) is 6. The van der Waals surface area contributed by atoms with Gasteiger partial charge < -0.3 is 30.1 Å². The number of piperidine rings is 2. The number of amides is 4. The molecule has 12 heteroatoms. The van der Waals surface area contributed by atoms with Crippen LogP contribution in [0, 0.1) is 0 Å². The van der Waals surface area contributed by atoms with Crippen LogP contribution in [0.25, 0.3) is 0 Å². The van der Waals surface area contributed by atoms with Crippen molar-refractivity contribution in [3.63, 3.8) is 0 Å². The first-order valence-electron chi connectivity index (χ1n) is 16.6. The number of hydrogen-bond donors (Lipinski definition) is 2. The summed E-state index contributed by atoms with van der Waals surface area (Å²) in [6, 6.07) is 14.2. The van der Waals surface area contributed by atoms with Gasteiger partial charge in [-0.3, -0.25) is 9.69 Å². The van der Waals surface area contributed by atoms with Gasteiger partial charge in [-0.05, 0) is 87.0 Å². The topological polar surface area (TPSA) is 97.5 Å². The molecule has 0 unspecified atom stereocenters. The summed E-state index contributed by atoms with van der Waals surface area (Å²) in [5, 5.41) is 6.53. The zero-order valence-electron chi connectivity index (χ0n) is 26.3. The maximum Gasteiger partial charge on any atom is 0.410 e. The number of fused-ring (bicyclic) bond motifs is 1. The lowest BCUT2D eigenvalue weighted by atomic mass is 10.0. The first kappa shape index (κ1) is 33.2. The molecule has 0 bridgehead atoms. The fraction of sp³-hybridized carbons (Fsp3) is 0.559. The van der Waals surface area contributed by atoms with Crippen molar-refractivity contribution < 1.29 is 19.1 Å². The maximum absolute atomic E-state index is 14.0. The van der Waals surface area contributed by atoms with E-state index in [1.54, 1.807) is 4.90 Å². The largest absolute Gasteiger partial charge is 0.436 e. The molecule has 0 radical (unpaired) electrons. The number of anilines is 1. The molecule has 46 heavy (non-hydrogen) atoms. The summed E-state index contributed by atoms with van der Waals surface area (Å²) < 4.78 is 7.85. The van der Waals surface area contributed by atoms with Gasteiger partial charge in [0.2, 0.25) is 0 Å². The Morgan fingerprint density at radius 3 is 2.30 bits per heavy atom. The van der Waals surface area contributed by atoms with Crippen LogP contribution in [0.2, 0.25) is 0 Å². The Hall–Kier alpha value is -2.67. The minimum absolute atomic E-state index is 0.0380. The van der Waals surface area contributed by atoms with Crippen molar-refractivity contribution in [2.75, 3.05) is 64.2 Å². The van der Waals surface area contributed by atoms with Crippen LogP contribution in [0.4, 0.5) is 15.3 Å². The molecule has 3 saturated heterocycles. The van der Waals surface area contributed by atoms with Gasteiger partial charge in [0.1, 0.15) is 0 Å². The molecule has 6 rings (SSSR count). The highest BCUT2D eigenvalue weighted by Gasteiger charge is 2.36. The molecular formula is C34H44Br2N6O4. The van der Waals surface area contributed by atoms with Gasteiger partial charge in [0.15, 0.2) is 6.10 Å². The summed E-state index contributed by atoms with van der Waals surface area (Å²) in [5.74, 6) is -0.129. The van der Waals surface area contributed by atoms with E-state index >= 15 is 0 Å². The number of carbonyl (C=O) groups excluding carboxylic acids is 3. The van der Waals surface area contributed by atoms with Crippen LogP contribution < -0.4 is 10.6 Å². The van der Waals surface area contributed by atoms with Crippen LogP contribution in [0.5, 0.6) is 0 Å². The van der Waals surface area contributed by atoms with Crippen LogP contribution in [0.1, 0.15) is 43.2 Å². The quantitative estimate of drug-likeness (QED) is 0.426. The molecule has 0 aromatic heterocycles. The summed E-state index contributed by atoms with van der Waals surface area (Å²) in [6.07, 6.45) is 4.03. The van der Waals surface area contributed by atoms with Crippen molar-refractivity contribution in [3.05, 3.63) is 62.5 Å². The molecule has 2 N–H and O–H groups in total. The molecule has 10 nitrogen and oxygen atoms in total. The lowest BCUT2D eigenvalue weighted by molar-refractivity contribution is -0.142. The first-order chi connectivity index (χ1) is 22.3. The predicted molar refractivity (Wildman–Crippen MR) is 185 cm³/mol. The Bertz CT molecular complexity index is 1370. The molecule has 4 aliphatic heterocycles. The molecule has 0 spiro atoms. The second-order valence-corrected chi connectivity index (χ2v) is 14.6. The number of urea groups is 1. The molecule has 1 atom stereocenters. The van der Waals surface area contributed by atoms with E-state index in [0.717, 1.165) is 77.6 Å². The highest BCUT2D eigenvalue weighted by Crippen LogP contribution is 2.27. The SMILES string of the molecule is O=C(O[C@H](Cc1cc(Br)cc(Br)c1)C(=O)N1CCC(N2CCCNCC2)CC1)N1CCC(N2CCc3ccccc3NC2=O)CC1. The monoisotopic (exact) mass is 758 g/mol. The standard InChI is InChI=1S/C34H44Br2N6O4/c35-26-20-24(21-27(36)23-26)22-31(32(43)40-14-7-28(8-15-40)39-13-3-11-37-12-19-39)46-34(45)41-16-9-29(10-17-41)42-18-6-25-4-1-2-5-30(25)38-33(42)44/h1-2,4-5,20-21,23,28-29,31,37H,3,6-19,22H2,(H,38,44)/t31-/m1/s1. The minimum atomic E-state index is -0.916. The van der Waals surface area contributed by atoms with Crippen LogP contribution in [0.3, 0.4) is 0 Å². The van der Waals surface area contributed by atoms with E-state index in [9.17, 15) is 14.4 Å². The number of ether oxygens (including phenoxy) is 1. The Labute approximate surface area is 288 Å². The van der Waals surface area contributed by atoms with Gasteiger partial charge in [0, 0.05) is 79.0 Å². The van der Waals surface area contributed by atoms with Crippen molar-refractivity contribution in [2.45, 2.75) is 63.1 Å². The van der Waals surface area contributed by atoms with E-state index in [0.29, 0.717) is 58.0 Å². The molecule has 0 aliphatic carbocycles. The molecule has 2 aromatic rings. The number of benzene rings is 2. The number of rotatable bonds is 6. The van der Waals surface area contributed by atoms with E-state index in [2.05, 4.69) is 53.5 Å². The lowest BCUT2D eigenvalue weighted by Gasteiger charge is -2.40. The van der Waals surface area contributed by atoms with E-state index in [1.807, 2.05) is 46.2 Å². The van der Waals surface area contributed by atoms with Crippen LogP contribution in [0.15, 0.2) is 51.4 Å². The third kappa shape index (κ3) is 8.24. The number of carbonyl (C=O) groups is 3. The Kier molecular flexibility index (Phi) is 11.2. The molecule has 0 saturated carbocycles. The fourth-order valence-electron chi connectivity index (χ4n) is 7.30. The zero-order chi connectivity index (χ0) is 32.0. The van der Waals surface area contributed by atoms with E-state index in [1.165, 1.54) is 0 Å². The van der Waals surface area contributed by atoms with Gasteiger partial charge in [0.25, 0.3) is 5.91 Å². The van der Waals surface area contributed by atoms with Crippen molar-refractivity contribution in [3.8, 4) is 0 Å². The average Bonchev–Trinajstić information content (AvgIpc) is 3.43. The minimum Gasteiger partial charge on any atom is -0.436 e. The highest BCUT2D eigenvalue weighted by molar-refractivity contribution is 9.11. The number of likely N-dealkylation sites (tertiary alicyclic amines) is 2. The van der Waals surface area contributed by atoms with Crippen LogP contribution >= 0.6 is 31.9 Å². The third-order valence-corrected chi connectivity index (χ3v) is 10.8. The Morgan fingerprint density at radius 2 is 1.54 bits per heavy atom. The van der Waals surface area contributed by atoms with Gasteiger partial charge in [0.05, 0.1) is 0 Å². The van der Waals surface area contributed by atoms with Gasteiger partial charge in [-0.25, -0.2) is 9.59 Å². The first-order valence-corrected chi connectivity index (χ1v) is 18.2. The second kappa shape index (κ2) is 15.5. The van der Waals surface area contributed by atoms with Gasteiger partial charge in [-0.2, -0.15) is 0 Å². The number of para-hydroxylation sites is 1. The molecule has 3 fully saturated rings. The van der Waals surface area contributed by atoms with Crippen molar-refractivity contribution in [1.82, 2.24) is 24.9 Å². The molecule has 4 heterocycles. The second-order valence-electron chi connectivity index (χ2n) is 12.8. The maximum atomic E-state index is 14.0. The molecule has 4 aliphatic rings. The fourth-order valence-corrected chi connectivity index (χ4v) is 8.69. The smallest absolute Gasteiger partial charge is 0.410 e. The van der Waals surface area contributed by atoms with Gasteiger partial charge >= 0.3 is 12.1 Å². The van der Waals surface area contributed by atoms with Gasteiger partial charge in [-0.1, -0.05) is 50.1 Å². The normalized spacial score (nSPS) is 21.2. The number of nitrogens with zero attached hydrogens (tertiary/aromatic N) is 4. The highest BCUT2D eigenvalue weighted by atomic mass is 79.9. The summed E-state index contributed by atoms with van der Waals surface area (Å²) in [6.45, 7) is 7.12. The summed E-state index contributed by atoms with van der Waals surface area (Å²) in [5.41, 5.74) is 2.91. The average molecular weight is 761 g/mol. The molecule has 2 aromatic carbocycles. The van der Waals surface area contributed by atoms with Crippen molar-refractivity contribution >= 4 is 55.6 Å². The zero-order valence-corrected chi connectivity index (χ0v) is 29.4. The van der Waals surface area contributed by atoms with E-state index in [4.69, 9.17) is 4.74 Å². The Morgan fingerprint density at radius 1 is 0.848 bits per heavy atom. The van der Waals surface area contributed by atoms with Crippen molar-refractivity contribution in [1.29, 1.82) is 0 Å². The summed E-state index contributed by atoms with van der Waals surface area (Å²) in [7, 11) is 0. The predicted octanol–water partition coefficient (Wildman–Crippen LogP) is 5.10. The van der Waals surface area contributed by atoms with E-state index < -0.39 is 12.2 Å². The van der Waals surface area contributed by atoms with Crippen molar-refractivity contribution in [2.24, 2.45) is 0 Å². The Balaban J connectivity index is 1.07.